The van der Waals surface area contributed by atoms with Crippen LogP contribution in [0.2, 0.25) is 0 Å². The van der Waals surface area contributed by atoms with Gasteiger partial charge in [0.2, 0.25) is 11.8 Å². The molecule has 1 aromatic heterocycles. The smallest absolute Gasteiger partial charge is 0.230 e. The zero-order chi connectivity index (χ0) is 18.1. The fraction of sp³-hybridized carbons (Fsp3) is 0.105. The van der Waals surface area contributed by atoms with Crippen molar-refractivity contribution < 1.29 is 14.0 Å². The molecule has 2 amide bonds. The van der Waals surface area contributed by atoms with Crippen molar-refractivity contribution in [1.82, 2.24) is 4.98 Å². The van der Waals surface area contributed by atoms with Gasteiger partial charge >= 0.3 is 0 Å². The average molecular weight is 367 g/mol. The lowest BCUT2D eigenvalue weighted by Crippen LogP contribution is -2.14. The molecule has 2 aromatic carbocycles. The van der Waals surface area contributed by atoms with E-state index < -0.39 is 0 Å². The first-order valence-electron chi connectivity index (χ1n) is 8.00. The molecule has 0 atom stereocenters. The highest BCUT2D eigenvalue weighted by Gasteiger charge is 2.18. The van der Waals surface area contributed by atoms with Crippen LogP contribution in [-0.4, -0.2) is 16.8 Å². The number of hydrogen-bond acceptors (Lipinski definition) is 4. The SMILES string of the molecule is O=C(Cc1csc(-c2cccc(F)c2)n1)Nc1ccc2c(c1)CC(=O)N2. The van der Waals surface area contributed by atoms with E-state index in [0.29, 0.717) is 28.4 Å². The standard InChI is InChI=1S/C19H14FN3O2S/c20-13-3-1-2-11(6-13)19-22-15(10-26-19)9-18(25)21-14-4-5-16-12(7-14)8-17(24)23-16/h1-7,10H,8-9H2,(H,21,25)(H,23,24). The molecule has 0 saturated carbocycles. The zero-order valence-corrected chi connectivity index (χ0v) is 14.4. The Labute approximate surface area is 152 Å². The number of amides is 2. The van der Waals surface area contributed by atoms with Crippen molar-refractivity contribution in [2.75, 3.05) is 10.6 Å². The number of carbonyl (C=O) groups excluding carboxylic acids is 2. The fourth-order valence-corrected chi connectivity index (χ4v) is 3.64. The molecule has 1 aliphatic heterocycles. The first-order chi connectivity index (χ1) is 12.6. The number of thiazole rings is 1. The molecule has 130 valence electrons. The second-order valence-electron chi connectivity index (χ2n) is 5.98. The number of nitrogens with zero attached hydrogens (tertiary/aromatic N) is 1. The Kier molecular flexibility index (Phi) is 4.22. The summed E-state index contributed by atoms with van der Waals surface area (Å²) in [5.41, 5.74) is 3.62. The van der Waals surface area contributed by atoms with E-state index in [1.54, 1.807) is 35.7 Å². The molecule has 0 radical (unpaired) electrons. The summed E-state index contributed by atoms with van der Waals surface area (Å²) in [6, 6.07) is 11.5. The molecule has 0 bridgehead atoms. The number of halogens is 1. The van der Waals surface area contributed by atoms with Gasteiger partial charge in [0.25, 0.3) is 0 Å². The van der Waals surface area contributed by atoms with E-state index in [1.165, 1.54) is 23.5 Å². The van der Waals surface area contributed by atoms with E-state index in [9.17, 15) is 14.0 Å². The first-order valence-corrected chi connectivity index (χ1v) is 8.88. The molecule has 0 spiro atoms. The van der Waals surface area contributed by atoms with Gasteiger partial charge in [0, 0.05) is 22.3 Å². The summed E-state index contributed by atoms with van der Waals surface area (Å²) in [5, 5.41) is 8.04. The predicted molar refractivity (Wildman–Crippen MR) is 98.6 cm³/mol. The van der Waals surface area contributed by atoms with Crippen molar-refractivity contribution in [3.8, 4) is 10.6 Å². The van der Waals surface area contributed by atoms with Gasteiger partial charge in [-0.05, 0) is 35.9 Å². The van der Waals surface area contributed by atoms with E-state index in [2.05, 4.69) is 15.6 Å². The number of hydrogen-bond donors (Lipinski definition) is 2. The molecule has 26 heavy (non-hydrogen) atoms. The number of rotatable bonds is 4. The van der Waals surface area contributed by atoms with Crippen LogP contribution in [0.5, 0.6) is 0 Å². The van der Waals surface area contributed by atoms with Gasteiger partial charge in [-0.2, -0.15) is 0 Å². The quantitative estimate of drug-likeness (QED) is 0.740. The van der Waals surface area contributed by atoms with Crippen LogP contribution in [0.15, 0.2) is 47.8 Å². The molecule has 1 aliphatic rings. The van der Waals surface area contributed by atoms with E-state index >= 15 is 0 Å². The number of nitrogens with one attached hydrogen (secondary N) is 2. The molecule has 2 N–H and O–H groups in total. The maximum Gasteiger partial charge on any atom is 0.230 e. The van der Waals surface area contributed by atoms with Crippen LogP contribution in [0, 0.1) is 5.82 Å². The monoisotopic (exact) mass is 367 g/mol. The van der Waals surface area contributed by atoms with Gasteiger partial charge in [0.05, 0.1) is 18.5 Å². The largest absolute Gasteiger partial charge is 0.326 e. The van der Waals surface area contributed by atoms with Gasteiger partial charge in [-0.25, -0.2) is 9.37 Å². The van der Waals surface area contributed by atoms with Crippen LogP contribution in [0.3, 0.4) is 0 Å². The predicted octanol–water partition coefficient (Wildman–Crippen LogP) is 3.63. The van der Waals surface area contributed by atoms with Crippen molar-refractivity contribution in [2.45, 2.75) is 12.8 Å². The lowest BCUT2D eigenvalue weighted by Gasteiger charge is -2.06. The van der Waals surface area contributed by atoms with Crippen molar-refractivity contribution in [1.29, 1.82) is 0 Å². The minimum Gasteiger partial charge on any atom is -0.326 e. The summed E-state index contributed by atoms with van der Waals surface area (Å²) in [5.74, 6) is -0.560. The van der Waals surface area contributed by atoms with Crippen LogP contribution in [0.1, 0.15) is 11.3 Å². The Bertz CT molecular complexity index is 1020. The fourth-order valence-electron chi connectivity index (χ4n) is 2.82. The Hall–Kier alpha value is -3.06. The number of carbonyl (C=O) groups is 2. The number of aromatic nitrogens is 1. The van der Waals surface area contributed by atoms with E-state index in [0.717, 1.165) is 11.3 Å². The topological polar surface area (TPSA) is 71.1 Å². The summed E-state index contributed by atoms with van der Waals surface area (Å²) >= 11 is 1.37. The third-order valence-corrected chi connectivity index (χ3v) is 4.92. The van der Waals surface area contributed by atoms with Crippen molar-refractivity contribution >= 4 is 34.5 Å². The van der Waals surface area contributed by atoms with Crippen LogP contribution in [-0.2, 0) is 22.4 Å². The number of anilines is 2. The average Bonchev–Trinajstić information content (AvgIpc) is 3.20. The van der Waals surface area contributed by atoms with Gasteiger partial charge in [0.15, 0.2) is 0 Å². The summed E-state index contributed by atoms with van der Waals surface area (Å²) in [7, 11) is 0. The highest BCUT2D eigenvalue weighted by Crippen LogP contribution is 2.27. The first kappa shape index (κ1) is 16.4. The molecule has 5 nitrogen and oxygen atoms in total. The lowest BCUT2D eigenvalue weighted by atomic mass is 10.1. The van der Waals surface area contributed by atoms with Crippen LogP contribution in [0.4, 0.5) is 15.8 Å². The third-order valence-electron chi connectivity index (χ3n) is 3.98. The van der Waals surface area contributed by atoms with Crippen molar-refractivity contribution in [2.24, 2.45) is 0 Å². The molecule has 3 aromatic rings. The van der Waals surface area contributed by atoms with Crippen LogP contribution < -0.4 is 10.6 Å². The number of fused-ring (bicyclic) bond motifs is 1. The molecule has 2 heterocycles. The lowest BCUT2D eigenvalue weighted by molar-refractivity contribution is -0.116. The highest BCUT2D eigenvalue weighted by atomic mass is 32.1. The molecule has 0 saturated heterocycles. The Balaban J connectivity index is 1.43. The highest BCUT2D eigenvalue weighted by molar-refractivity contribution is 7.13. The van der Waals surface area contributed by atoms with E-state index in [-0.39, 0.29) is 24.1 Å². The second kappa shape index (κ2) is 6.68. The maximum atomic E-state index is 13.3. The van der Waals surface area contributed by atoms with Gasteiger partial charge in [0.1, 0.15) is 10.8 Å². The van der Waals surface area contributed by atoms with E-state index in [1.807, 2.05) is 0 Å². The molecular formula is C19H14FN3O2S. The molecule has 0 unspecified atom stereocenters. The molecule has 0 fully saturated rings. The normalized spacial score (nSPS) is 12.6. The third kappa shape index (κ3) is 3.48. The summed E-state index contributed by atoms with van der Waals surface area (Å²) in [6.07, 6.45) is 0.447. The van der Waals surface area contributed by atoms with Gasteiger partial charge in [-0.15, -0.1) is 11.3 Å². The van der Waals surface area contributed by atoms with E-state index in [4.69, 9.17) is 0 Å². The van der Waals surface area contributed by atoms with Gasteiger partial charge in [-0.1, -0.05) is 12.1 Å². The molecule has 0 aliphatic carbocycles. The number of benzene rings is 2. The summed E-state index contributed by atoms with van der Waals surface area (Å²) in [6.45, 7) is 0. The minimum atomic E-state index is -0.318. The summed E-state index contributed by atoms with van der Waals surface area (Å²) in [4.78, 5) is 28.1. The van der Waals surface area contributed by atoms with Gasteiger partial charge in [-0.3, -0.25) is 9.59 Å². The minimum absolute atomic E-state index is 0.0455. The second-order valence-corrected chi connectivity index (χ2v) is 6.83. The maximum absolute atomic E-state index is 13.3. The van der Waals surface area contributed by atoms with Crippen molar-refractivity contribution in [3.63, 3.8) is 0 Å². The van der Waals surface area contributed by atoms with Crippen LogP contribution in [0.25, 0.3) is 10.6 Å². The molecule has 7 heteroatoms. The molecular weight excluding hydrogens is 353 g/mol. The van der Waals surface area contributed by atoms with Gasteiger partial charge < -0.3 is 10.6 Å². The Morgan fingerprint density at radius 3 is 3.00 bits per heavy atom. The Morgan fingerprint density at radius 2 is 2.15 bits per heavy atom. The van der Waals surface area contributed by atoms with Crippen LogP contribution >= 0.6 is 11.3 Å². The van der Waals surface area contributed by atoms with Crippen molar-refractivity contribution in [3.05, 3.63) is 64.9 Å². The molecule has 4 rings (SSSR count). The summed E-state index contributed by atoms with van der Waals surface area (Å²) < 4.78 is 13.3. The Morgan fingerprint density at radius 1 is 1.27 bits per heavy atom. The zero-order valence-electron chi connectivity index (χ0n) is 13.6.